The maximum absolute atomic E-state index is 12.1. The molecule has 0 fully saturated rings. The third kappa shape index (κ3) is 5.89. The Morgan fingerprint density at radius 3 is 2.28 bits per heavy atom. The Labute approximate surface area is 110 Å². The Balaban J connectivity index is 4.70. The average molecular weight is 258 g/mol. The van der Waals surface area contributed by atoms with Gasteiger partial charge in [0.25, 0.3) is 0 Å². The fourth-order valence-corrected chi connectivity index (χ4v) is 1.84. The molecule has 0 saturated carbocycles. The number of carboxylic acid groups (broad SMARTS) is 1. The number of hydrogen-bond donors (Lipinski definition) is 2. The SMILES string of the molecule is CCCC(C)(C)NC(=O)N(CC(=O)O)C(C)CC. The molecule has 0 heterocycles. The lowest BCUT2D eigenvalue weighted by Crippen LogP contribution is -2.53. The molecule has 0 aliphatic heterocycles. The van der Waals surface area contributed by atoms with Crippen LogP contribution < -0.4 is 5.32 Å². The molecule has 0 aromatic rings. The first-order valence-electron chi connectivity index (χ1n) is 6.54. The summed E-state index contributed by atoms with van der Waals surface area (Å²) in [4.78, 5) is 24.3. The number of hydrogen-bond acceptors (Lipinski definition) is 2. The van der Waals surface area contributed by atoms with E-state index in [4.69, 9.17) is 5.11 Å². The maximum atomic E-state index is 12.1. The van der Waals surface area contributed by atoms with Crippen molar-refractivity contribution in [1.82, 2.24) is 10.2 Å². The van der Waals surface area contributed by atoms with Crippen molar-refractivity contribution in [2.24, 2.45) is 0 Å². The van der Waals surface area contributed by atoms with E-state index in [0.29, 0.717) is 0 Å². The number of amides is 2. The molecular formula is C13H26N2O3. The van der Waals surface area contributed by atoms with Crippen LogP contribution in [0.1, 0.15) is 53.9 Å². The number of carboxylic acids is 1. The van der Waals surface area contributed by atoms with Crippen LogP contribution in [0.25, 0.3) is 0 Å². The van der Waals surface area contributed by atoms with Gasteiger partial charge in [-0.25, -0.2) is 4.79 Å². The van der Waals surface area contributed by atoms with E-state index >= 15 is 0 Å². The van der Waals surface area contributed by atoms with Crippen LogP contribution in [0, 0.1) is 0 Å². The van der Waals surface area contributed by atoms with E-state index in [1.54, 1.807) is 0 Å². The topological polar surface area (TPSA) is 69.6 Å². The summed E-state index contributed by atoms with van der Waals surface area (Å²) in [6.45, 7) is 9.48. The summed E-state index contributed by atoms with van der Waals surface area (Å²) >= 11 is 0. The zero-order chi connectivity index (χ0) is 14.3. The monoisotopic (exact) mass is 258 g/mol. The predicted molar refractivity (Wildman–Crippen MR) is 71.6 cm³/mol. The second-order valence-corrected chi connectivity index (χ2v) is 5.34. The molecule has 106 valence electrons. The van der Waals surface area contributed by atoms with E-state index < -0.39 is 5.97 Å². The maximum Gasteiger partial charge on any atom is 0.323 e. The Kier molecular flexibility index (Phi) is 6.73. The summed E-state index contributed by atoms with van der Waals surface area (Å²) in [7, 11) is 0. The molecule has 5 nitrogen and oxygen atoms in total. The van der Waals surface area contributed by atoms with E-state index in [1.807, 2.05) is 27.7 Å². The highest BCUT2D eigenvalue weighted by Crippen LogP contribution is 2.13. The molecule has 18 heavy (non-hydrogen) atoms. The lowest BCUT2D eigenvalue weighted by atomic mass is 9.99. The predicted octanol–water partition coefficient (Wildman–Crippen LogP) is 2.46. The zero-order valence-electron chi connectivity index (χ0n) is 12.1. The average Bonchev–Trinajstić information content (AvgIpc) is 2.23. The van der Waals surface area contributed by atoms with Crippen molar-refractivity contribution in [1.29, 1.82) is 0 Å². The number of nitrogens with zero attached hydrogens (tertiary/aromatic N) is 1. The van der Waals surface area contributed by atoms with Gasteiger partial charge in [0.05, 0.1) is 0 Å². The van der Waals surface area contributed by atoms with Gasteiger partial charge in [0.2, 0.25) is 0 Å². The largest absolute Gasteiger partial charge is 0.480 e. The van der Waals surface area contributed by atoms with E-state index in [-0.39, 0.29) is 24.2 Å². The van der Waals surface area contributed by atoms with Crippen molar-refractivity contribution in [2.75, 3.05) is 6.54 Å². The highest BCUT2D eigenvalue weighted by atomic mass is 16.4. The molecule has 0 aromatic carbocycles. The normalized spacial score (nSPS) is 12.9. The number of rotatable bonds is 7. The molecule has 0 saturated heterocycles. The molecule has 0 radical (unpaired) electrons. The minimum atomic E-state index is -0.987. The highest BCUT2D eigenvalue weighted by molar-refractivity contribution is 5.80. The van der Waals surface area contributed by atoms with E-state index in [0.717, 1.165) is 19.3 Å². The fourth-order valence-electron chi connectivity index (χ4n) is 1.84. The van der Waals surface area contributed by atoms with E-state index in [2.05, 4.69) is 12.2 Å². The van der Waals surface area contributed by atoms with Crippen LogP contribution in [-0.4, -0.2) is 40.1 Å². The fraction of sp³-hybridized carbons (Fsp3) is 0.846. The van der Waals surface area contributed by atoms with Gasteiger partial charge in [0.1, 0.15) is 6.54 Å². The van der Waals surface area contributed by atoms with Crippen molar-refractivity contribution in [2.45, 2.75) is 65.5 Å². The minimum Gasteiger partial charge on any atom is -0.480 e. The third-order valence-electron chi connectivity index (χ3n) is 3.01. The second-order valence-electron chi connectivity index (χ2n) is 5.34. The quantitative estimate of drug-likeness (QED) is 0.737. The summed E-state index contributed by atoms with van der Waals surface area (Å²) < 4.78 is 0. The van der Waals surface area contributed by atoms with Crippen LogP contribution in [0.3, 0.4) is 0 Å². The van der Waals surface area contributed by atoms with Gasteiger partial charge < -0.3 is 15.3 Å². The van der Waals surface area contributed by atoms with Gasteiger partial charge in [-0.3, -0.25) is 4.79 Å². The van der Waals surface area contributed by atoms with Crippen molar-refractivity contribution in [3.8, 4) is 0 Å². The van der Waals surface area contributed by atoms with Crippen LogP contribution >= 0.6 is 0 Å². The summed E-state index contributed by atoms with van der Waals surface area (Å²) in [6, 6.07) is -0.385. The van der Waals surface area contributed by atoms with Gasteiger partial charge in [-0.1, -0.05) is 20.3 Å². The molecule has 0 bridgehead atoms. The molecule has 0 spiro atoms. The molecule has 2 amide bonds. The molecule has 0 aromatic heterocycles. The number of urea groups is 1. The van der Waals surface area contributed by atoms with Gasteiger partial charge in [0, 0.05) is 11.6 Å². The first-order valence-corrected chi connectivity index (χ1v) is 6.54. The van der Waals surface area contributed by atoms with Crippen molar-refractivity contribution in [3.05, 3.63) is 0 Å². The van der Waals surface area contributed by atoms with Gasteiger partial charge in [-0.2, -0.15) is 0 Å². The molecule has 0 aliphatic rings. The van der Waals surface area contributed by atoms with Gasteiger partial charge in [-0.05, 0) is 33.6 Å². The summed E-state index contributed by atoms with van der Waals surface area (Å²) in [5, 5.41) is 11.8. The van der Waals surface area contributed by atoms with E-state index in [9.17, 15) is 9.59 Å². The molecular weight excluding hydrogens is 232 g/mol. The van der Waals surface area contributed by atoms with Crippen LogP contribution in [-0.2, 0) is 4.79 Å². The number of carbonyl (C=O) groups is 2. The molecule has 5 heteroatoms. The van der Waals surface area contributed by atoms with Crippen LogP contribution in [0.5, 0.6) is 0 Å². The standard InChI is InChI=1S/C13H26N2O3/c1-6-8-13(4,5)14-12(18)15(9-11(16)17)10(3)7-2/h10H,6-9H2,1-5H3,(H,14,18)(H,16,17). The Hall–Kier alpha value is -1.26. The number of nitrogens with one attached hydrogen (secondary N) is 1. The van der Waals surface area contributed by atoms with Gasteiger partial charge in [-0.15, -0.1) is 0 Å². The van der Waals surface area contributed by atoms with Crippen molar-refractivity contribution >= 4 is 12.0 Å². The van der Waals surface area contributed by atoms with Crippen molar-refractivity contribution < 1.29 is 14.7 Å². The first-order chi connectivity index (χ1) is 8.23. The second kappa shape index (κ2) is 7.24. The Morgan fingerprint density at radius 1 is 1.33 bits per heavy atom. The summed E-state index contributed by atoms with van der Waals surface area (Å²) in [5.74, 6) is -0.987. The van der Waals surface area contributed by atoms with Gasteiger partial charge >= 0.3 is 12.0 Å². The molecule has 0 rings (SSSR count). The van der Waals surface area contributed by atoms with Gasteiger partial charge in [0.15, 0.2) is 0 Å². The molecule has 1 atom stereocenters. The third-order valence-corrected chi connectivity index (χ3v) is 3.01. The lowest BCUT2D eigenvalue weighted by Gasteiger charge is -2.33. The Bertz CT molecular complexity index is 290. The molecule has 1 unspecified atom stereocenters. The minimum absolute atomic E-state index is 0.0847. The first kappa shape index (κ1) is 16.7. The van der Waals surface area contributed by atoms with E-state index in [1.165, 1.54) is 4.90 Å². The highest BCUT2D eigenvalue weighted by Gasteiger charge is 2.26. The lowest BCUT2D eigenvalue weighted by molar-refractivity contribution is -0.138. The number of carbonyl (C=O) groups excluding carboxylic acids is 1. The zero-order valence-corrected chi connectivity index (χ0v) is 12.1. The van der Waals surface area contributed by atoms with Crippen LogP contribution in [0.4, 0.5) is 4.79 Å². The van der Waals surface area contributed by atoms with Crippen LogP contribution in [0.2, 0.25) is 0 Å². The molecule has 0 aliphatic carbocycles. The summed E-state index contributed by atoms with van der Waals surface area (Å²) in [5.41, 5.74) is -0.309. The Morgan fingerprint density at radius 2 is 1.89 bits per heavy atom. The number of aliphatic carboxylic acids is 1. The van der Waals surface area contributed by atoms with Crippen LogP contribution in [0.15, 0.2) is 0 Å². The summed E-state index contributed by atoms with van der Waals surface area (Å²) in [6.07, 6.45) is 2.56. The van der Waals surface area contributed by atoms with Crippen molar-refractivity contribution in [3.63, 3.8) is 0 Å². The molecule has 2 N–H and O–H groups in total. The smallest absolute Gasteiger partial charge is 0.323 e.